The second-order valence-electron chi connectivity index (χ2n) is 9.96. The van der Waals surface area contributed by atoms with Gasteiger partial charge in [0, 0.05) is 29.7 Å². The molecule has 2 fully saturated rings. The Balaban J connectivity index is 1.00. The summed E-state index contributed by atoms with van der Waals surface area (Å²) in [7, 11) is 0. The fourth-order valence-corrected chi connectivity index (χ4v) is 4.91. The van der Waals surface area contributed by atoms with Gasteiger partial charge >= 0.3 is 0 Å². The molecule has 7 heteroatoms. The molecule has 1 amide bonds. The summed E-state index contributed by atoms with van der Waals surface area (Å²) in [5, 5.41) is 3.77. The summed E-state index contributed by atoms with van der Waals surface area (Å²) >= 11 is 5.91. The number of rotatable bonds is 10. The van der Waals surface area contributed by atoms with Crippen LogP contribution in [0.2, 0.25) is 5.02 Å². The van der Waals surface area contributed by atoms with Gasteiger partial charge in [-0.05, 0) is 99.9 Å². The van der Waals surface area contributed by atoms with Crippen molar-refractivity contribution in [3.63, 3.8) is 0 Å². The maximum absolute atomic E-state index is 12.8. The molecule has 1 saturated carbocycles. The predicted molar refractivity (Wildman–Crippen MR) is 140 cm³/mol. The number of amides is 1. The highest BCUT2D eigenvalue weighted by Gasteiger charge is 2.31. The van der Waals surface area contributed by atoms with Gasteiger partial charge in [0.15, 0.2) is 5.76 Å². The van der Waals surface area contributed by atoms with Gasteiger partial charge in [-0.1, -0.05) is 17.7 Å². The monoisotopic (exact) mass is 508 g/mol. The van der Waals surface area contributed by atoms with Gasteiger partial charge in [0.05, 0.1) is 6.61 Å². The number of ketones is 1. The Labute approximate surface area is 217 Å². The van der Waals surface area contributed by atoms with E-state index in [1.54, 1.807) is 24.3 Å². The van der Waals surface area contributed by atoms with Crippen LogP contribution < -0.4 is 14.8 Å². The number of ether oxygens (including phenoxy) is 2. The van der Waals surface area contributed by atoms with Crippen LogP contribution >= 0.6 is 11.6 Å². The zero-order valence-corrected chi connectivity index (χ0v) is 21.3. The third-order valence-electron chi connectivity index (χ3n) is 7.15. The van der Waals surface area contributed by atoms with Crippen molar-refractivity contribution in [2.45, 2.75) is 51.0 Å². The summed E-state index contributed by atoms with van der Waals surface area (Å²) in [4.78, 5) is 27.7. The molecule has 2 aliphatic heterocycles. The quantitative estimate of drug-likeness (QED) is 0.331. The Bertz CT molecular complexity index is 1120. The number of benzene rings is 2. The maximum atomic E-state index is 12.8. The molecule has 3 aliphatic rings. The van der Waals surface area contributed by atoms with E-state index in [1.807, 2.05) is 24.3 Å². The minimum atomic E-state index is -0.0627. The van der Waals surface area contributed by atoms with Gasteiger partial charge in [-0.15, -0.1) is 0 Å². The average Bonchev–Trinajstić information content (AvgIpc) is 3.66. The number of nitrogens with one attached hydrogen (secondary N) is 1. The van der Waals surface area contributed by atoms with Crippen LogP contribution in [-0.4, -0.2) is 48.9 Å². The Kier molecular flexibility index (Phi) is 7.93. The number of halogens is 1. The lowest BCUT2D eigenvalue weighted by Gasteiger charge is -2.32. The molecule has 0 atom stereocenters. The summed E-state index contributed by atoms with van der Waals surface area (Å²) < 4.78 is 11.8. The van der Waals surface area contributed by atoms with Crippen LogP contribution in [0.1, 0.15) is 65.7 Å². The molecule has 1 saturated heterocycles. The van der Waals surface area contributed by atoms with Crippen molar-refractivity contribution in [1.29, 1.82) is 0 Å². The summed E-state index contributed by atoms with van der Waals surface area (Å²) in [6.07, 6.45) is 9.18. The van der Waals surface area contributed by atoms with Gasteiger partial charge in [-0.25, -0.2) is 0 Å². The van der Waals surface area contributed by atoms with E-state index in [-0.39, 0.29) is 17.7 Å². The van der Waals surface area contributed by atoms with Crippen LogP contribution in [0, 0.1) is 5.92 Å². The van der Waals surface area contributed by atoms with Crippen molar-refractivity contribution in [2.24, 2.45) is 5.92 Å². The first-order valence-electron chi connectivity index (χ1n) is 13.0. The number of hydrogen-bond donors (Lipinski definition) is 1. The van der Waals surface area contributed by atoms with Gasteiger partial charge < -0.3 is 19.7 Å². The lowest BCUT2D eigenvalue weighted by molar-refractivity contribution is 0.0909. The van der Waals surface area contributed by atoms with E-state index in [0.717, 1.165) is 51.7 Å². The van der Waals surface area contributed by atoms with Crippen LogP contribution in [0.3, 0.4) is 0 Å². The minimum Gasteiger partial charge on any atom is -0.493 e. The number of allylic oxidation sites excluding steroid dienone is 2. The fraction of sp³-hybridized carbons (Fsp3) is 0.448. The summed E-state index contributed by atoms with van der Waals surface area (Å²) in [6, 6.07) is 12.8. The molecule has 0 unspecified atom stereocenters. The van der Waals surface area contributed by atoms with Crippen LogP contribution in [0.25, 0.3) is 0 Å². The number of nitrogens with zero attached hydrogens (tertiary/aromatic N) is 1. The predicted octanol–water partition coefficient (Wildman–Crippen LogP) is 5.65. The van der Waals surface area contributed by atoms with Crippen LogP contribution in [0.15, 0.2) is 54.3 Å². The number of carbonyl (C=O) groups excluding carboxylic acids is 2. The van der Waals surface area contributed by atoms with E-state index < -0.39 is 0 Å². The number of unbranched alkanes of at least 4 members (excludes halogenated alkanes) is 1. The molecule has 2 aromatic rings. The second-order valence-corrected chi connectivity index (χ2v) is 10.4. The summed E-state index contributed by atoms with van der Waals surface area (Å²) in [5.41, 5.74) is 1.20. The molecule has 0 bridgehead atoms. The van der Waals surface area contributed by atoms with Crippen LogP contribution in [-0.2, 0) is 0 Å². The van der Waals surface area contributed by atoms with Gasteiger partial charge in [-0.3, -0.25) is 9.59 Å². The van der Waals surface area contributed by atoms with Crippen LogP contribution in [0.4, 0.5) is 0 Å². The molecule has 5 rings (SSSR count). The maximum Gasteiger partial charge on any atom is 0.251 e. The molecule has 0 aromatic heterocycles. The molecule has 190 valence electrons. The van der Waals surface area contributed by atoms with E-state index in [2.05, 4.69) is 10.2 Å². The molecule has 2 aromatic carbocycles. The zero-order valence-electron chi connectivity index (χ0n) is 20.5. The van der Waals surface area contributed by atoms with E-state index in [1.165, 1.54) is 12.8 Å². The van der Waals surface area contributed by atoms with E-state index >= 15 is 0 Å². The molecular formula is C29H33ClN2O4. The van der Waals surface area contributed by atoms with Crippen LogP contribution in [0.5, 0.6) is 11.5 Å². The van der Waals surface area contributed by atoms with Gasteiger partial charge in [-0.2, -0.15) is 0 Å². The number of piperidine rings is 1. The number of Topliss-reactive ketones (excluding diaryl/α,β-unsaturated/α-hetero) is 1. The lowest BCUT2D eigenvalue weighted by atomic mass is 10.0. The van der Waals surface area contributed by atoms with Crippen molar-refractivity contribution in [3.05, 3.63) is 70.4 Å². The molecule has 2 heterocycles. The SMILES string of the molecule is O=C(NC1CCN(CCCCOc2cccc3c2C(=O)/C(=C/CC2CC2)O3)CC1)c1ccc(Cl)cc1. The van der Waals surface area contributed by atoms with Crippen molar-refractivity contribution < 1.29 is 19.1 Å². The Morgan fingerprint density at radius 2 is 1.86 bits per heavy atom. The fourth-order valence-electron chi connectivity index (χ4n) is 4.78. The summed E-state index contributed by atoms with van der Waals surface area (Å²) in [5.74, 6) is 2.28. The third kappa shape index (κ3) is 6.29. The molecule has 1 N–H and O–H groups in total. The largest absolute Gasteiger partial charge is 0.493 e. The highest BCUT2D eigenvalue weighted by Crippen LogP contribution is 2.39. The molecule has 1 aliphatic carbocycles. The Hall–Kier alpha value is -2.83. The molecule has 0 spiro atoms. The molecule has 6 nitrogen and oxygen atoms in total. The van der Waals surface area contributed by atoms with E-state index in [9.17, 15) is 9.59 Å². The second kappa shape index (κ2) is 11.5. The number of fused-ring (bicyclic) bond motifs is 1. The van der Waals surface area contributed by atoms with Crippen molar-refractivity contribution in [2.75, 3.05) is 26.2 Å². The first-order valence-corrected chi connectivity index (χ1v) is 13.4. The summed E-state index contributed by atoms with van der Waals surface area (Å²) in [6.45, 7) is 3.52. The highest BCUT2D eigenvalue weighted by molar-refractivity contribution is 6.30. The van der Waals surface area contributed by atoms with Gasteiger partial charge in [0.25, 0.3) is 5.91 Å². The zero-order chi connectivity index (χ0) is 24.9. The number of hydrogen-bond acceptors (Lipinski definition) is 5. The van der Waals surface area contributed by atoms with Crippen molar-refractivity contribution >= 4 is 23.3 Å². The van der Waals surface area contributed by atoms with E-state index in [4.69, 9.17) is 21.1 Å². The first-order chi connectivity index (χ1) is 17.6. The number of likely N-dealkylation sites (tertiary alicyclic amines) is 1. The Morgan fingerprint density at radius 1 is 1.08 bits per heavy atom. The first kappa shape index (κ1) is 24.8. The smallest absolute Gasteiger partial charge is 0.251 e. The normalized spacial score (nSPS) is 19.2. The topological polar surface area (TPSA) is 67.9 Å². The molecule has 36 heavy (non-hydrogen) atoms. The minimum absolute atomic E-state index is 0.0379. The average molecular weight is 509 g/mol. The van der Waals surface area contributed by atoms with Gasteiger partial charge in [0.2, 0.25) is 5.78 Å². The van der Waals surface area contributed by atoms with Crippen molar-refractivity contribution in [1.82, 2.24) is 10.2 Å². The van der Waals surface area contributed by atoms with E-state index in [0.29, 0.717) is 45.9 Å². The lowest BCUT2D eigenvalue weighted by Crippen LogP contribution is -2.44. The standard InChI is InChI=1S/C29H33ClN2O4/c30-22-11-9-21(10-12-22)29(34)31-23-14-17-32(18-15-23)16-1-2-19-35-24-4-3-5-25-27(24)28(33)26(36-25)13-8-20-6-7-20/h3-5,9-13,20,23H,1-2,6-8,14-19H2,(H,31,34)/b26-13-. The Morgan fingerprint density at radius 3 is 2.61 bits per heavy atom. The van der Waals surface area contributed by atoms with Crippen molar-refractivity contribution in [3.8, 4) is 11.5 Å². The molecular weight excluding hydrogens is 476 g/mol. The third-order valence-corrected chi connectivity index (χ3v) is 7.40. The van der Waals surface area contributed by atoms with Gasteiger partial charge in [0.1, 0.15) is 17.1 Å². The highest BCUT2D eigenvalue weighted by atomic mass is 35.5. The number of carbonyl (C=O) groups is 2. The molecule has 0 radical (unpaired) electrons.